The van der Waals surface area contributed by atoms with Crippen molar-refractivity contribution in [2.45, 2.75) is 46.1 Å². The zero-order valence-electron chi connectivity index (χ0n) is 11.4. The smallest absolute Gasteiger partial charge is 0.193 e. The van der Waals surface area contributed by atoms with Gasteiger partial charge in [-0.3, -0.25) is 0 Å². The molecule has 0 aliphatic rings. The average molecular weight is 233 g/mol. The number of hydrogen-bond acceptors (Lipinski definition) is 1. The van der Waals surface area contributed by atoms with Crippen molar-refractivity contribution in [1.82, 2.24) is 0 Å². The molecule has 0 unspecified atom stereocenters. The van der Waals surface area contributed by atoms with E-state index >= 15 is 0 Å². The summed E-state index contributed by atoms with van der Waals surface area (Å²) in [6, 6.07) is 8.25. The number of hydrogen-bond donors (Lipinski definition) is 2. The van der Waals surface area contributed by atoms with Crippen molar-refractivity contribution in [2.75, 3.05) is 5.32 Å². The highest BCUT2D eigenvalue weighted by atomic mass is 15.1. The van der Waals surface area contributed by atoms with E-state index in [1.54, 1.807) is 0 Å². The summed E-state index contributed by atoms with van der Waals surface area (Å²) in [5, 5.41) is 3.12. The molecule has 1 aromatic rings. The van der Waals surface area contributed by atoms with Gasteiger partial charge in [0.2, 0.25) is 0 Å². The van der Waals surface area contributed by atoms with Crippen LogP contribution < -0.4 is 11.1 Å². The van der Waals surface area contributed by atoms with Crippen molar-refractivity contribution >= 4 is 11.6 Å². The second-order valence-corrected chi connectivity index (χ2v) is 5.57. The van der Waals surface area contributed by atoms with E-state index in [-0.39, 0.29) is 5.54 Å². The number of benzene rings is 1. The number of guanidine groups is 1. The number of nitrogens with two attached hydrogens (primary N) is 1. The monoisotopic (exact) mass is 233 g/mol. The first-order chi connectivity index (χ1) is 7.78. The Morgan fingerprint density at radius 1 is 1.29 bits per heavy atom. The van der Waals surface area contributed by atoms with E-state index in [1.165, 1.54) is 5.56 Å². The maximum atomic E-state index is 5.86. The molecule has 3 N–H and O–H groups in total. The largest absolute Gasteiger partial charge is 0.370 e. The van der Waals surface area contributed by atoms with Crippen LogP contribution in [-0.2, 0) is 0 Å². The van der Waals surface area contributed by atoms with E-state index in [0.717, 1.165) is 5.69 Å². The van der Waals surface area contributed by atoms with Crippen LogP contribution in [0.1, 0.15) is 46.1 Å². The van der Waals surface area contributed by atoms with Gasteiger partial charge in [0.15, 0.2) is 5.96 Å². The van der Waals surface area contributed by atoms with E-state index in [2.05, 4.69) is 36.3 Å². The van der Waals surface area contributed by atoms with E-state index in [9.17, 15) is 0 Å². The molecule has 0 saturated heterocycles. The van der Waals surface area contributed by atoms with Crippen LogP contribution in [-0.4, -0.2) is 11.5 Å². The van der Waals surface area contributed by atoms with Gasteiger partial charge in [-0.1, -0.05) is 26.0 Å². The lowest BCUT2D eigenvalue weighted by molar-refractivity contribution is 0.583. The Kier molecular flexibility index (Phi) is 4.16. The molecule has 0 saturated carbocycles. The minimum atomic E-state index is -0.160. The summed E-state index contributed by atoms with van der Waals surface area (Å²) < 4.78 is 0. The average Bonchev–Trinajstić information content (AvgIpc) is 2.14. The Morgan fingerprint density at radius 2 is 1.94 bits per heavy atom. The standard InChI is InChI=1S/C14H23N3/c1-10(2)11-7-6-8-12(9-11)16-13(15)17-14(3,4)5/h6-10H,1-5H3,(H3,15,16,17). The van der Waals surface area contributed by atoms with Gasteiger partial charge < -0.3 is 11.1 Å². The summed E-state index contributed by atoms with van der Waals surface area (Å²) in [6.07, 6.45) is 0. The third kappa shape index (κ3) is 4.89. The Labute approximate surface area is 104 Å². The molecule has 0 fully saturated rings. The van der Waals surface area contributed by atoms with Crippen LogP contribution in [0, 0.1) is 0 Å². The third-order valence-corrected chi connectivity index (χ3v) is 2.28. The Morgan fingerprint density at radius 3 is 2.47 bits per heavy atom. The van der Waals surface area contributed by atoms with Gasteiger partial charge in [-0.15, -0.1) is 0 Å². The highest BCUT2D eigenvalue weighted by Gasteiger charge is 2.08. The van der Waals surface area contributed by atoms with Crippen molar-refractivity contribution in [3.63, 3.8) is 0 Å². The van der Waals surface area contributed by atoms with Gasteiger partial charge >= 0.3 is 0 Å². The molecule has 0 atom stereocenters. The molecule has 0 aliphatic carbocycles. The minimum Gasteiger partial charge on any atom is -0.370 e. The van der Waals surface area contributed by atoms with Crippen LogP contribution in [0.4, 0.5) is 5.69 Å². The van der Waals surface area contributed by atoms with Crippen LogP contribution in [0.15, 0.2) is 29.3 Å². The van der Waals surface area contributed by atoms with Gasteiger partial charge in [0.05, 0.1) is 5.54 Å². The van der Waals surface area contributed by atoms with Crippen LogP contribution in [0.25, 0.3) is 0 Å². The molecule has 0 spiro atoms. The molecule has 0 amide bonds. The second kappa shape index (κ2) is 5.21. The van der Waals surface area contributed by atoms with Crippen LogP contribution in [0.2, 0.25) is 0 Å². The summed E-state index contributed by atoms with van der Waals surface area (Å²) in [5.41, 5.74) is 7.97. The van der Waals surface area contributed by atoms with Crippen LogP contribution >= 0.6 is 0 Å². The van der Waals surface area contributed by atoms with Gasteiger partial charge in [0.1, 0.15) is 0 Å². The first-order valence-corrected chi connectivity index (χ1v) is 6.00. The van der Waals surface area contributed by atoms with Crippen molar-refractivity contribution in [2.24, 2.45) is 10.7 Å². The molecule has 0 radical (unpaired) electrons. The second-order valence-electron chi connectivity index (χ2n) is 5.57. The van der Waals surface area contributed by atoms with Gasteiger partial charge in [-0.2, -0.15) is 0 Å². The summed E-state index contributed by atoms with van der Waals surface area (Å²) >= 11 is 0. The topological polar surface area (TPSA) is 50.4 Å². The highest BCUT2D eigenvalue weighted by molar-refractivity contribution is 5.92. The van der Waals surface area contributed by atoms with Crippen LogP contribution in [0.3, 0.4) is 0 Å². The van der Waals surface area contributed by atoms with E-state index < -0.39 is 0 Å². The molecule has 0 heterocycles. The minimum absolute atomic E-state index is 0.160. The molecule has 1 aromatic carbocycles. The summed E-state index contributed by atoms with van der Waals surface area (Å²) in [4.78, 5) is 4.36. The van der Waals surface area contributed by atoms with Crippen molar-refractivity contribution < 1.29 is 0 Å². The first-order valence-electron chi connectivity index (χ1n) is 6.00. The van der Waals surface area contributed by atoms with Gasteiger partial charge in [0.25, 0.3) is 0 Å². The summed E-state index contributed by atoms with van der Waals surface area (Å²) in [6.45, 7) is 10.4. The molecular formula is C14H23N3. The third-order valence-electron chi connectivity index (χ3n) is 2.28. The van der Waals surface area contributed by atoms with Crippen molar-refractivity contribution in [3.8, 4) is 0 Å². The number of aliphatic imine (C=N–C) groups is 1. The predicted octanol–water partition coefficient (Wildman–Crippen LogP) is 3.34. The molecule has 17 heavy (non-hydrogen) atoms. The molecule has 1 rings (SSSR count). The fraction of sp³-hybridized carbons (Fsp3) is 0.500. The lowest BCUT2D eigenvalue weighted by Crippen LogP contribution is -2.27. The fourth-order valence-corrected chi connectivity index (χ4v) is 1.51. The fourth-order valence-electron chi connectivity index (χ4n) is 1.51. The maximum absolute atomic E-state index is 5.86. The Bertz CT molecular complexity index is 400. The maximum Gasteiger partial charge on any atom is 0.193 e. The van der Waals surface area contributed by atoms with Gasteiger partial charge in [-0.05, 0) is 44.4 Å². The van der Waals surface area contributed by atoms with Gasteiger partial charge in [-0.25, -0.2) is 4.99 Å². The van der Waals surface area contributed by atoms with E-state index in [0.29, 0.717) is 11.9 Å². The predicted molar refractivity (Wildman–Crippen MR) is 75.5 cm³/mol. The molecule has 3 nitrogen and oxygen atoms in total. The number of nitrogens with zero attached hydrogens (tertiary/aromatic N) is 1. The van der Waals surface area contributed by atoms with E-state index in [1.807, 2.05) is 32.9 Å². The SMILES string of the molecule is CC(C)c1cccc(NC(N)=NC(C)(C)C)c1. The quantitative estimate of drug-likeness (QED) is 0.608. The summed E-state index contributed by atoms with van der Waals surface area (Å²) in [5.74, 6) is 0.968. The number of rotatable bonds is 2. The molecule has 0 aromatic heterocycles. The zero-order chi connectivity index (χ0) is 13.1. The lowest BCUT2D eigenvalue weighted by Gasteiger charge is -2.15. The molecule has 0 bridgehead atoms. The molecular weight excluding hydrogens is 210 g/mol. The number of anilines is 1. The van der Waals surface area contributed by atoms with Gasteiger partial charge in [0, 0.05) is 5.69 Å². The normalized spacial score (nSPS) is 12.9. The molecule has 3 heteroatoms. The van der Waals surface area contributed by atoms with Crippen LogP contribution in [0.5, 0.6) is 0 Å². The Hall–Kier alpha value is -1.51. The van der Waals surface area contributed by atoms with E-state index in [4.69, 9.17) is 5.73 Å². The van der Waals surface area contributed by atoms with Crippen molar-refractivity contribution in [1.29, 1.82) is 0 Å². The number of nitrogens with one attached hydrogen (secondary N) is 1. The Balaban J connectivity index is 2.82. The lowest BCUT2D eigenvalue weighted by atomic mass is 10.0. The molecule has 94 valence electrons. The van der Waals surface area contributed by atoms with Crippen molar-refractivity contribution in [3.05, 3.63) is 29.8 Å². The highest BCUT2D eigenvalue weighted by Crippen LogP contribution is 2.18. The zero-order valence-corrected chi connectivity index (χ0v) is 11.4. The molecule has 0 aliphatic heterocycles. The summed E-state index contributed by atoms with van der Waals surface area (Å²) in [7, 11) is 0. The first kappa shape index (κ1) is 13.6.